The van der Waals surface area contributed by atoms with E-state index in [1.54, 1.807) is 0 Å². The number of hydrogen-bond donors (Lipinski definition) is 2. The largest absolute Gasteiger partial charge is 0.366 e. The van der Waals surface area contributed by atoms with Crippen molar-refractivity contribution in [2.45, 2.75) is 0 Å². The number of amides is 2. The summed E-state index contributed by atoms with van der Waals surface area (Å²) in [5.74, 6) is -1.12. The molecule has 10 heavy (non-hydrogen) atoms. The van der Waals surface area contributed by atoms with Gasteiger partial charge in [0.25, 0.3) is 0 Å². The molecule has 2 amide bonds. The molecule has 0 aliphatic rings. The predicted octanol–water partition coefficient (Wildman–Crippen LogP) is -0.931. The Morgan fingerprint density at radius 3 is 1.40 bits per heavy atom. The van der Waals surface area contributed by atoms with Gasteiger partial charge in [-0.3, -0.25) is 9.59 Å². The van der Waals surface area contributed by atoms with Crippen LogP contribution in [-0.2, 0) is 9.59 Å². The Morgan fingerprint density at radius 1 is 0.900 bits per heavy atom. The lowest BCUT2D eigenvalue weighted by atomic mass is 10.4. The van der Waals surface area contributed by atoms with Gasteiger partial charge in [0.05, 0.1) is 0 Å². The zero-order valence-electron chi connectivity index (χ0n) is 5.28. The van der Waals surface area contributed by atoms with Gasteiger partial charge in [0, 0.05) is 12.2 Å². The molecule has 0 aliphatic carbocycles. The standard InChI is InChI=1S/C6H8N2O2/c7-5(9)3-1-2-4-6(8)10/h1-4H,(H2,7,9)(H2,8,10)/b3-1+,4-2+. The predicted molar refractivity (Wildman–Crippen MR) is 36.7 cm³/mol. The number of carbonyl (C=O) groups excluding carboxylic acids is 2. The molecular weight excluding hydrogens is 132 g/mol. The molecule has 0 aromatic heterocycles. The van der Waals surface area contributed by atoms with Crippen LogP contribution < -0.4 is 11.5 Å². The minimum absolute atomic E-state index is 0.561. The van der Waals surface area contributed by atoms with Gasteiger partial charge >= 0.3 is 0 Å². The van der Waals surface area contributed by atoms with E-state index in [1.165, 1.54) is 12.2 Å². The van der Waals surface area contributed by atoms with Gasteiger partial charge in [-0.2, -0.15) is 0 Å². The molecule has 0 bridgehead atoms. The highest BCUT2D eigenvalue weighted by Crippen LogP contribution is 1.74. The topological polar surface area (TPSA) is 86.2 Å². The van der Waals surface area contributed by atoms with Gasteiger partial charge in [-0.05, 0) is 0 Å². The van der Waals surface area contributed by atoms with Crippen LogP contribution in [0.2, 0.25) is 0 Å². The number of primary amides is 2. The van der Waals surface area contributed by atoms with Crippen molar-refractivity contribution in [3.05, 3.63) is 24.3 Å². The average molecular weight is 140 g/mol. The molecule has 4 nitrogen and oxygen atoms in total. The molecule has 0 aliphatic heterocycles. The molecule has 0 saturated carbocycles. The zero-order valence-corrected chi connectivity index (χ0v) is 5.28. The molecule has 54 valence electrons. The number of allylic oxidation sites excluding steroid dienone is 2. The Balaban J connectivity index is 3.73. The maximum absolute atomic E-state index is 10.0. The van der Waals surface area contributed by atoms with Crippen molar-refractivity contribution in [1.82, 2.24) is 0 Å². The van der Waals surface area contributed by atoms with E-state index < -0.39 is 11.8 Å². The molecule has 0 fully saturated rings. The van der Waals surface area contributed by atoms with E-state index in [0.29, 0.717) is 0 Å². The highest BCUT2D eigenvalue weighted by atomic mass is 16.1. The second-order valence-electron chi connectivity index (χ2n) is 1.52. The summed E-state index contributed by atoms with van der Waals surface area (Å²) in [6.07, 6.45) is 4.93. The van der Waals surface area contributed by atoms with E-state index >= 15 is 0 Å². The summed E-state index contributed by atoms with van der Waals surface area (Å²) in [4.78, 5) is 20.1. The van der Waals surface area contributed by atoms with Crippen LogP contribution in [0.25, 0.3) is 0 Å². The Bertz CT molecular complexity index is 172. The minimum Gasteiger partial charge on any atom is -0.366 e. The van der Waals surface area contributed by atoms with Crippen LogP contribution in [0.5, 0.6) is 0 Å². The van der Waals surface area contributed by atoms with Gasteiger partial charge in [0.2, 0.25) is 11.8 Å². The normalized spacial score (nSPS) is 10.8. The maximum Gasteiger partial charge on any atom is 0.241 e. The Morgan fingerprint density at radius 2 is 1.20 bits per heavy atom. The van der Waals surface area contributed by atoms with Crippen molar-refractivity contribution in [1.29, 1.82) is 0 Å². The first-order valence-corrected chi connectivity index (χ1v) is 2.56. The van der Waals surface area contributed by atoms with E-state index in [-0.39, 0.29) is 0 Å². The molecule has 0 unspecified atom stereocenters. The van der Waals surface area contributed by atoms with Gasteiger partial charge in [0.15, 0.2) is 0 Å². The lowest BCUT2D eigenvalue weighted by Crippen LogP contribution is -2.06. The third-order valence-electron chi connectivity index (χ3n) is 0.632. The van der Waals surface area contributed by atoms with Crippen LogP contribution in [0.15, 0.2) is 24.3 Å². The first kappa shape index (κ1) is 8.42. The van der Waals surface area contributed by atoms with Crippen LogP contribution >= 0.6 is 0 Å². The number of carbonyl (C=O) groups is 2. The molecule has 0 aromatic rings. The van der Waals surface area contributed by atoms with E-state index in [9.17, 15) is 9.59 Å². The second-order valence-corrected chi connectivity index (χ2v) is 1.52. The lowest BCUT2D eigenvalue weighted by molar-refractivity contribution is -0.114. The van der Waals surface area contributed by atoms with E-state index in [4.69, 9.17) is 11.5 Å². The van der Waals surface area contributed by atoms with Crippen LogP contribution in [0.3, 0.4) is 0 Å². The maximum atomic E-state index is 10.0. The first-order chi connectivity index (χ1) is 4.63. The highest BCUT2D eigenvalue weighted by molar-refractivity contribution is 5.88. The van der Waals surface area contributed by atoms with E-state index in [0.717, 1.165) is 12.2 Å². The van der Waals surface area contributed by atoms with Crippen molar-refractivity contribution < 1.29 is 9.59 Å². The van der Waals surface area contributed by atoms with Gasteiger partial charge in [-0.15, -0.1) is 0 Å². The SMILES string of the molecule is NC(=O)/C=C/C=C/C(N)=O. The quantitative estimate of drug-likeness (QED) is 0.392. The molecule has 0 spiro atoms. The van der Waals surface area contributed by atoms with Crippen molar-refractivity contribution in [3.8, 4) is 0 Å². The summed E-state index contributed by atoms with van der Waals surface area (Å²) in [7, 11) is 0. The third-order valence-corrected chi connectivity index (χ3v) is 0.632. The number of hydrogen-bond acceptors (Lipinski definition) is 2. The van der Waals surface area contributed by atoms with Gasteiger partial charge in [-0.1, -0.05) is 12.2 Å². The Kier molecular flexibility index (Phi) is 3.63. The Labute approximate surface area is 58.2 Å². The number of nitrogens with two attached hydrogens (primary N) is 2. The highest BCUT2D eigenvalue weighted by Gasteiger charge is 1.79. The van der Waals surface area contributed by atoms with Crippen LogP contribution in [0.1, 0.15) is 0 Å². The molecule has 0 aromatic carbocycles. The summed E-state index contributed by atoms with van der Waals surface area (Å²) < 4.78 is 0. The van der Waals surface area contributed by atoms with Crippen molar-refractivity contribution in [2.75, 3.05) is 0 Å². The van der Waals surface area contributed by atoms with Crippen molar-refractivity contribution in [3.63, 3.8) is 0 Å². The average Bonchev–Trinajstić information content (AvgIpc) is 1.79. The fourth-order valence-corrected chi connectivity index (χ4v) is 0.301. The summed E-state index contributed by atoms with van der Waals surface area (Å²) in [6.45, 7) is 0. The van der Waals surface area contributed by atoms with Crippen LogP contribution in [-0.4, -0.2) is 11.8 Å². The van der Waals surface area contributed by atoms with Crippen molar-refractivity contribution in [2.24, 2.45) is 11.5 Å². The molecule has 0 radical (unpaired) electrons. The molecule has 0 rings (SSSR count). The fourth-order valence-electron chi connectivity index (χ4n) is 0.301. The fraction of sp³-hybridized carbons (Fsp3) is 0. The molecular formula is C6H8N2O2. The minimum atomic E-state index is -0.561. The summed E-state index contributed by atoms with van der Waals surface area (Å²) >= 11 is 0. The lowest BCUT2D eigenvalue weighted by Gasteiger charge is -1.76. The molecule has 4 N–H and O–H groups in total. The summed E-state index contributed by atoms with van der Waals surface area (Å²) in [5.41, 5.74) is 9.47. The third kappa shape index (κ3) is 6.42. The summed E-state index contributed by atoms with van der Waals surface area (Å²) in [6, 6.07) is 0. The molecule has 0 atom stereocenters. The van der Waals surface area contributed by atoms with Crippen molar-refractivity contribution >= 4 is 11.8 Å². The van der Waals surface area contributed by atoms with Crippen LogP contribution in [0.4, 0.5) is 0 Å². The molecule has 0 heterocycles. The van der Waals surface area contributed by atoms with E-state index in [2.05, 4.69) is 0 Å². The van der Waals surface area contributed by atoms with Gasteiger partial charge < -0.3 is 11.5 Å². The molecule has 4 heteroatoms. The summed E-state index contributed by atoms with van der Waals surface area (Å²) in [5, 5.41) is 0. The second kappa shape index (κ2) is 4.31. The van der Waals surface area contributed by atoms with Gasteiger partial charge in [0.1, 0.15) is 0 Å². The first-order valence-electron chi connectivity index (χ1n) is 2.56. The monoisotopic (exact) mass is 140 g/mol. The molecule has 0 saturated heterocycles. The smallest absolute Gasteiger partial charge is 0.241 e. The van der Waals surface area contributed by atoms with Crippen LogP contribution in [0, 0.1) is 0 Å². The zero-order chi connectivity index (χ0) is 7.98. The van der Waals surface area contributed by atoms with Gasteiger partial charge in [-0.25, -0.2) is 0 Å². The Hall–Kier alpha value is -1.58. The van der Waals surface area contributed by atoms with E-state index in [1.807, 2.05) is 0 Å². The number of rotatable bonds is 3.